The number of hydrogen-bond acceptors (Lipinski definition) is 1. The van der Waals surface area contributed by atoms with Crippen LogP contribution >= 0.6 is 0 Å². The lowest BCUT2D eigenvalue weighted by atomic mass is 10.2. The van der Waals surface area contributed by atoms with Crippen molar-refractivity contribution in [3.63, 3.8) is 0 Å². The number of rotatable bonds is 2. The zero-order valence-corrected chi connectivity index (χ0v) is 10.5. The standard InChI is InChI=1S/C14H10F4N2O/c15-12-10(14(16,17)18)7-4-8-11(12)20-13(21)19-9-5-2-1-3-6-9/h1-8H,(H2,19,20,21). The Balaban J connectivity index is 2.15. The van der Waals surface area contributed by atoms with Gasteiger partial charge in [-0.05, 0) is 24.3 Å². The first-order valence-corrected chi connectivity index (χ1v) is 5.86. The molecule has 0 radical (unpaired) electrons. The van der Waals surface area contributed by atoms with E-state index in [4.69, 9.17) is 0 Å². The average Bonchev–Trinajstić information content (AvgIpc) is 2.41. The van der Waals surface area contributed by atoms with Gasteiger partial charge in [0.25, 0.3) is 0 Å². The van der Waals surface area contributed by atoms with E-state index in [1.165, 1.54) is 0 Å². The van der Waals surface area contributed by atoms with Crippen molar-refractivity contribution in [2.45, 2.75) is 6.18 Å². The number of amides is 2. The number of nitrogens with one attached hydrogen (secondary N) is 2. The summed E-state index contributed by atoms with van der Waals surface area (Å²) >= 11 is 0. The number of hydrogen-bond donors (Lipinski definition) is 2. The van der Waals surface area contributed by atoms with E-state index in [0.29, 0.717) is 11.8 Å². The van der Waals surface area contributed by atoms with Crippen LogP contribution in [-0.2, 0) is 6.18 Å². The zero-order chi connectivity index (χ0) is 15.5. The first-order valence-electron chi connectivity index (χ1n) is 5.86. The number of anilines is 2. The van der Waals surface area contributed by atoms with Crippen molar-refractivity contribution in [3.05, 3.63) is 59.9 Å². The van der Waals surface area contributed by atoms with E-state index in [-0.39, 0.29) is 0 Å². The van der Waals surface area contributed by atoms with Gasteiger partial charge in [0.2, 0.25) is 0 Å². The molecule has 0 aromatic heterocycles. The first kappa shape index (κ1) is 14.8. The third-order valence-electron chi connectivity index (χ3n) is 2.58. The van der Waals surface area contributed by atoms with E-state index < -0.39 is 29.3 Å². The van der Waals surface area contributed by atoms with Gasteiger partial charge in [-0.25, -0.2) is 9.18 Å². The second kappa shape index (κ2) is 5.82. The number of para-hydroxylation sites is 1. The second-order valence-electron chi connectivity index (χ2n) is 4.11. The van der Waals surface area contributed by atoms with Gasteiger partial charge in [0.05, 0.1) is 11.3 Å². The van der Waals surface area contributed by atoms with Crippen LogP contribution in [0.5, 0.6) is 0 Å². The number of alkyl halides is 3. The molecule has 0 heterocycles. The molecule has 0 unspecified atom stereocenters. The van der Waals surface area contributed by atoms with Crippen LogP contribution in [0.25, 0.3) is 0 Å². The smallest absolute Gasteiger partial charge is 0.308 e. The second-order valence-corrected chi connectivity index (χ2v) is 4.11. The monoisotopic (exact) mass is 298 g/mol. The fourth-order valence-corrected chi connectivity index (χ4v) is 1.65. The van der Waals surface area contributed by atoms with Gasteiger partial charge in [0.1, 0.15) is 0 Å². The van der Waals surface area contributed by atoms with Crippen molar-refractivity contribution in [2.24, 2.45) is 0 Å². The molecule has 0 atom stereocenters. The zero-order valence-electron chi connectivity index (χ0n) is 10.5. The molecule has 0 bridgehead atoms. The van der Waals surface area contributed by atoms with E-state index in [9.17, 15) is 22.4 Å². The van der Waals surface area contributed by atoms with Gasteiger partial charge in [-0.2, -0.15) is 13.2 Å². The number of urea groups is 1. The minimum Gasteiger partial charge on any atom is -0.308 e. The molecular formula is C14H10F4N2O. The molecule has 0 fully saturated rings. The van der Waals surface area contributed by atoms with Crippen LogP contribution in [0.4, 0.5) is 33.7 Å². The molecule has 0 saturated heterocycles. The molecule has 2 aromatic rings. The third-order valence-corrected chi connectivity index (χ3v) is 2.58. The predicted octanol–water partition coefficient (Wildman–Crippen LogP) is 4.49. The molecule has 110 valence electrons. The van der Waals surface area contributed by atoms with Crippen LogP contribution in [0.3, 0.4) is 0 Å². The molecule has 0 aliphatic heterocycles. The predicted molar refractivity (Wildman–Crippen MR) is 70.5 cm³/mol. The molecule has 2 amide bonds. The summed E-state index contributed by atoms with van der Waals surface area (Å²) < 4.78 is 51.3. The highest BCUT2D eigenvalue weighted by molar-refractivity contribution is 5.99. The van der Waals surface area contributed by atoms with Crippen LogP contribution in [0.15, 0.2) is 48.5 Å². The summed E-state index contributed by atoms with van der Waals surface area (Å²) in [4.78, 5) is 11.6. The van der Waals surface area contributed by atoms with Gasteiger partial charge in [0.15, 0.2) is 5.82 Å². The Morgan fingerprint density at radius 3 is 2.19 bits per heavy atom. The Hall–Kier alpha value is -2.57. The molecule has 0 aliphatic rings. The molecule has 21 heavy (non-hydrogen) atoms. The van der Waals surface area contributed by atoms with Gasteiger partial charge >= 0.3 is 12.2 Å². The highest BCUT2D eigenvalue weighted by atomic mass is 19.4. The van der Waals surface area contributed by atoms with Gasteiger partial charge in [-0.3, -0.25) is 0 Å². The van der Waals surface area contributed by atoms with E-state index in [2.05, 4.69) is 5.32 Å². The quantitative estimate of drug-likeness (QED) is 0.788. The van der Waals surface area contributed by atoms with E-state index in [1.807, 2.05) is 5.32 Å². The lowest BCUT2D eigenvalue weighted by molar-refractivity contribution is -0.139. The lowest BCUT2D eigenvalue weighted by Crippen LogP contribution is -2.21. The lowest BCUT2D eigenvalue weighted by Gasteiger charge is -2.12. The van der Waals surface area contributed by atoms with E-state index >= 15 is 0 Å². The van der Waals surface area contributed by atoms with Crippen LogP contribution in [-0.4, -0.2) is 6.03 Å². The van der Waals surface area contributed by atoms with Crippen molar-refractivity contribution < 1.29 is 22.4 Å². The maximum Gasteiger partial charge on any atom is 0.419 e. The van der Waals surface area contributed by atoms with E-state index in [0.717, 1.165) is 12.1 Å². The van der Waals surface area contributed by atoms with Crippen molar-refractivity contribution in [3.8, 4) is 0 Å². The maximum atomic E-state index is 13.7. The van der Waals surface area contributed by atoms with Gasteiger partial charge in [0, 0.05) is 5.69 Å². The maximum absolute atomic E-state index is 13.7. The highest BCUT2D eigenvalue weighted by Crippen LogP contribution is 2.33. The summed E-state index contributed by atoms with van der Waals surface area (Å²) in [5, 5.41) is 4.42. The largest absolute Gasteiger partial charge is 0.419 e. The highest BCUT2D eigenvalue weighted by Gasteiger charge is 2.35. The Morgan fingerprint density at radius 2 is 1.57 bits per heavy atom. The van der Waals surface area contributed by atoms with Crippen molar-refractivity contribution in [2.75, 3.05) is 10.6 Å². The fraction of sp³-hybridized carbons (Fsp3) is 0.0714. The Morgan fingerprint density at radius 1 is 0.905 bits per heavy atom. The van der Waals surface area contributed by atoms with Crippen LogP contribution in [0.2, 0.25) is 0 Å². The summed E-state index contributed by atoms with van der Waals surface area (Å²) in [5.41, 5.74) is -1.54. The minimum absolute atomic E-state index is 0.433. The van der Waals surface area contributed by atoms with E-state index in [1.54, 1.807) is 30.3 Å². The van der Waals surface area contributed by atoms with Crippen molar-refractivity contribution in [1.29, 1.82) is 0 Å². The molecule has 2 N–H and O–H groups in total. The molecule has 0 saturated carbocycles. The SMILES string of the molecule is O=C(Nc1ccccc1)Nc1cccc(C(F)(F)F)c1F. The molecule has 2 aromatic carbocycles. The number of halogens is 4. The average molecular weight is 298 g/mol. The van der Waals surface area contributed by atoms with Gasteiger partial charge < -0.3 is 10.6 Å². The van der Waals surface area contributed by atoms with Crippen LogP contribution < -0.4 is 10.6 Å². The van der Waals surface area contributed by atoms with Gasteiger partial charge in [-0.15, -0.1) is 0 Å². The van der Waals surface area contributed by atoms with Crippen LogP contribution in [0, 0.1) is 5.82 Å². The molecule has 0 spiro atoms. The van der Waals surface area contributed by atoms with Crippen molar-refractivity contribution >= 4 is 17.4 Å². The fourth-order valence-electron chi connectivity index (χ4n) is 1.65. The minimum atomic E-state index is -4.82. The number of carbonyl (C=O) groups excluding carboxylic acids is 1. The van der Waals surface area contributed by atoms with Gasteiger partial charge in [-0.1, -0.05) is 24.3 Å². The molecule has 3 nitrogen and oxygen atoms in total. The molecule has 2 rings (SSSR count). The first-order chi connectivity index (χ1) is 9.88. The molecule has 0 aliphatic carbocycles. The summed E-state index contributed by atoms with van der Waals surface area (Å²) in [7, 11) is 0. The summed E-state index contributed by atoms with van der Waals surface area (Å²) in [5.74, 6) is -1.52. The molecular weight excluding hydrogens is 288 g/mol. The number of benzene rings is 2. The molecule has 7 heteroatoms. The Bertz CT molecular complexity index is 641. The Kier molecular flexibility index (Phi) is 4.11. The third kappa shape index (κ3) is 3.71. The number of carbonyl (C=O) groups is 1. The summed E-state index contributed by atoms with van der Waals surface area (Å²) in [6, 6.07) is 10.1. The van der Waals surface area contributed by atoms with Crippen molar-refractivity contribution in [1.82, 2.24) is 0 Å². The summed E-state index contributed by atoms with van der Waals surface area (Å²) in [6.45, 7) is 0. The topological polar surface area (TPSA) is 41.1 Å². The Labute approximate surface area is 117 Å². The van der Waals surface area contributed by atoms with Crippen LogP contribution in [0.1, 0.15) is 5.56 Å². The normalized spacial score (nSPS) is 11.0. The summed E-state index contributed by atoms with van der Waals surface area (Å²) in [6.07, 6.45) is -4.82.